The number of halogens is 2. The van der Waals surface area contributed by atoms with Crippen LogP contribution in [0.25, 0.3) is 0 Å². The van der Waals surface area contributed by atoms with Crippen LogP contribution in [0.3, 0.4) is 0 Å². The van der Waals surface area contributed by atoms with Crippen LogP contribution in [0, 0.1) is 5.41 Å². The van der Waals surface area contributed by atoms with E-state index in [1.165, 1.54) is 6.92 Å². The molecule has 0 aromatic heterocycles. The molecule has 0 aliphatic heterocycles. The van der Waals surface area contributed by atoms with E-state index in [1.807, 2.05) is 20.8 Å². The first-order chi connectivity index (χ1) is 3.81. The summed E-state index contributed by atoms with van der Waals surface area (Å²) in [6, 6.07) is 0. The van der Waals surface area contributed by atoms with Gasteiger partial charge in [0.1, 0.15) is 5.67 Å². The molecule has 0 aliphatic rings. The molecule has 1 nitrogen and oxygen atoms in total. The summed E-state index contributed by atoms with van der Waals surface area (Å²) in [5, 5.41) is 0. The van der Waals surface area contributed by atoms with Crippen LogP contribution in [0.5, 0.6) is 0 Å². The molecule has 0 rings (SSSR count). The first kappa shape index (κ1) is 12.8. The molecular weight excluding hydrogens is 153 g/mol. The third-order valence-corrected chi connectivity index (χ3v) is 1.95. The van der Waals surface area contributed by atoms with Gasteiger partial charge in [-0.3, -0.25) is 0 Å². The van der Waals surface area contributed by atoms with Gasteiger partial charge < -0.3 is 5.73 Å². The monoisotopic (exact) mass is 169 g/mol. The molecule has 0 aliphatic carbocycles. The second kappa shape index (κ2) is 3.54. The lowest BCUT2D eigenvalue weighted by Crippen LogP contribution is -2.42. The Bertz CT molecular complexity index is 96.3. The average molecular weight is 170 g/mol. The second-order valence-electron chi connectivity index (χ2n) is 3.65. The molecule has 2 N–H and O–H groups in total. The Morgan fingerprint density at radius 2 is 1.50 bits per heavy atom. The molecule has 64 valence electrons. The topological polar surface area (TPSA) is 26.0 Å². The minimum atomic E-state index is -1.24. The van der Waals surface area contributed by atoms with Crippen LogP contribution >= 0.6 is 12.4 Å². The van der Waals surface area contributed by atoms with E-state index in [1.54, 1.807) is 0 Å². The minimum Gasteiger partial charge on any atom is -0.328 e. The van der Waals surface area contributed by atoms with Crippen LogP contribution in [0.4, 0.5) is 4.39 Å². The molecule has 0 saturated heterocycles. The van der Waals surface area contributed by atoms with Crippen molar-refractivity contribution in [2.75, 3.05) is 6.54 Å². The summed E-state index contributed by atoms with van der Waals surface area (Å²) < 4.78 is 13.2. The van der Waals surface area contributed by atoms with Crippen molar-refractivity contribution >= 4 is 12.4 Å². The molecule has 0 aromatic rings. The third-order valence-electron chi connectivity index (χ3n) is 1.95. The van der Waals surface area contributed by atoms with Crippen molar-refractivity contribution in [1.29, 1.82) is 0 Å². The van der Waals surface area contributed by atoms with Crippen LogP contribution in [-0.4, -0.2) is 12.2 Å². The summed E-state index contributed by atoms with van der Waals surface area (Å²) in [5.41, 5.74) is 3.63. The van der Waals surface area contributed by atoms with Gasteiger partial charge >= 0.3 is 0 Å². The van der Waals surface area contributed by atoms with Crippen molar-refractivity contribution in [1.82, 2.24) is 0 Å². The van der Waals surface area contributed by atoms with E-state index < -0.39 is 5.67 Å². The molecular formula is C7H17ClFN. The molecule has 3 heteroatoms. The zero-order valence-corrected chi connectivity index (χ0v) is 7.89. The zero-order chi connectivity index (χ0) is 7.71. The average Bonchev–Trinajstić information content (AvgIpc) is 1.64. The normalized spacial score (nSPS) is 17.4. The van der Waals surface area contributed by atoms with Crippen LogP contribution < -0.4 is 5.73 Å². The van der Waals surface area contributed by atoms with Gasteiger partial charge in [0.05, 0.1) is 0 Å². The highest BCUT2D eigenvalue weighted by Gasteiger charge is 2.35. The molecule has 0 radical (unpaired) electrons. The molecule has 10 heavy (non-hydrogen) atoms. The van der Waals surface area contributed by atoms with E-state index in [-0.39, 0.29) is 24.4 Å². The van der Waals surface area contributed by atoms with E-state index in [9.17, 15) is 4.39 Å². The van der Waals surface area contributed by atoms with E-state index >= 15 is 0 Å². The van der Waals surface area contributed by atoms with Crippen LogP contribution in [0.1, 0.15) is 27.7 Å². The van der Waals surface area contributed by atoms with Crippen LogP contribution in [0.15, 0.2) is 0 Å². The van der Waals surface area contributed by atoms with Crippen molar-refractivity contribution in [2.24, 2.45) is 11.1 Å². The quantitative estimate of drug-likeness (QED) is 0.640. The molecule has 0 heterocycles. The SMILES string of the molecule is CC(C)(C)C(C)(F)CN.Cl. The maximum atomic E-state index is 13.2. The smallest absolute Gasteiger partial charge is 0.125 e. The molecule has 1 atom stereocenters. The predicted molar refractivity (Wildman–Crippen MR) is 45.3 cm³/mol. The Kier molecular flexibility index (Phi) is 4.53. The standard InChI is InChI=1S/C7H16FN.ClH/c1-6(2,3)7(4,8)5-9;/h5,9H2,1-4H3;1H. The molecule has 0 bridgehead atoms. The fourth-order valence-corrected chi connectivity index (χ4v) is 0.306. The van der Waals surface area contributed by atoms with Gasteiger partial charge in [0.2, 0.25) is 0 Å². The Morgan fingerprint density at radius 3 is 1.50 bits per heavy atom. The van der Waals surface area contributed by atoms with Gasteiger partial charge in [-0.05, 0) is 12.3 Å². The summed E-state index contributed by atoms with van der Waals surface area (Å²) >= 11 is 0. The Balaban J connectivity index is 0. The number of alkyl halides is 1. The largest absolute Gasteiger partial charge is 0.328 e. The number of nitrogens with two attached hydrogens (primary N) is 1. The predicted octanol–water partition coefficient (Wildman–Crippen LogP) is 2.14. The van der Waals surface area contributed by atoms with Crippen molar-refractivity contribution in [3.05, 3.63) is 0 Å². The van der Waals surface area contributed by atoms with Gasteiger partial charge in [-0.25, -0.2) is 4.39 Å². The highest BCUT2D eigenvalue weighted by atomic mass is 35.5. The Morgan fingerprint density at radius 1 is 1.20 bits per heavy atom. The summed E-state index contributed by atoms with van der Waals surface area (Å²) in [6.45, 7) is 7.17. The summed E-state index contributed by atoms with van der Waals surface area (Å²) in [6.07, 6.45) is 0. The zero-order valence-electron chi connectivity index (χ0n) is 7.07. The molecule has 0 aromatic carbocycles. The maximum absolute atomic E-state index is 13.2. The number of rotatable bonds is 1. The van der Waals surface area contributed by atoms with Crippen molar-refractivity contribution in [2.45, 2.75) is 33.4 Å². The molecule has 1 unspecified atom stereocenters. The van der Waals surface area contributed by atoms with Gasteiger partial charge in [-0.2, -0.15) is 0 Å². The Hall–Kier alpha value is 0.180. The second-order valence-corrected chi connectivity index (χ2v) is 3.65. The molecule has 0 saturated carbocycles. The number of hydrogen-bond donors (Lipinski definition) is 1. The van der Waals surface area contributed by atoms with E-state index in [0.29, 0.717) is 0 Å². The van der Waals surface area contributed by atoms with Gasteiger partial charge in [0, 0.05) is 6.54 Å². The molecule has 0 spiro atoms. The van der Waals surface area contributed by atoms with E-state index in [0.717, 1.165) is 0 Å². The first-order valence-electron chi connectivity index (χ1n) is 3.20. The van der Waals surface area contributed by atoms with Crippen molar-refractivity contribution in [3.8, 4) is 0 Å². The van der Waals surface area contributed by atoms with Gasteiger partial charge in [-0.15, -0.1) is 12.4 Å². The Labute approximate surface area is 68.6 Å². The summed E-state index contributed by atoms with van der Waals surface area (Å²) in [4.78, 5) is 0. The van der Waals surface area contributed by atoms with Crippen LogP contribution in [0.2, 0.25) is 0 Å². The lowest BCUT2D eigenvalue weighted by atomic mass is 9.79. The van der Waals surface area contributed by atoms with Gasteiger partial charge in [0.15, 0.2) is 0 Å². The summed E-state index contributed by atoms with van der Waals surface area (Å²) in [7, 11) is 0. The van der Waals surface area contributed by atoms with Gasteiger partial charge in [-0.1, -0.05) is 20.8 Å². The maximum Gasteiger partial charge on any atom is 0.125 e. The van der Waals surface area contributed by atoms with E-state index in [4.69, 9.17) is 5.73 Å². The first-order valence-corrected chi connectivity index (χ1v) is 3.20. The van der Waals surface area contributed by atoms with E-state index in [2.05, 4.69) is 0 Å². The summed E-state index contributed by atoms with van der Waals surface area (Å²) in [5.74, 6) is 0. The minimum absolute atomic E-state index is 0. The fourth-order valence-electron chi connectivity index (χ4n) is 0.306. The fraction of sp³-hybridized carbons (Fsp3) is 1.00. The highest BCUT2D eigenvalue weighted by molar-refractivity contribution is 5.85. The third kappa shape index (κ3) is 2.84. The molecule has 0 amide bonds. The van der Waals surface area contributed by atoms with Gasteiger partial charge in [0.25, 0.3) is 0 Å². The van der Waals surface area contributed by atoms with Crippen LogP contribution in [-0.2, 0) is 0 Å². The lowest BCUT2D eigenvalue weighted by Gasteiger charge is -2.33. The lowest BCUT2D eigenvalue weighted by molar-refractivity contribution is 0.0576. The van der Waals surface area contributed by atoms with Crippen molar-refractivity contribution < 1.29 is 4.39 Å². The molecule has 0 fully saturated rings. The van der Waals surface area contributed by atoms with Crippen molar-refractivity contribution in [3.63, 3.8) is 0 Å². The highest BCUT2D eigenvalue weighted by Crippen LogP contribution is 2.32. The number of hydrogen-bond acceptors (Lipinski definition) is 1.